The second kappa shape index (κ2) is 7.50. The number of carbonyl (C=O) groups is 2. The van der Waals surface area contributed by atoms with Crippen molar-refractivity contribution < 1.29 is 14.3 Å². The molecule has 0 saturated heterocycles. The molecule has 0 fully saturated rings. The first kappa shape index (κ1) is 20.5. The van der Waals surface area contributed by atoms with E-state index in [9.17, 15) is 14.4 Å². The fraction of sp³-hybridized carbons (Fsp3) is 0.250. The van der Waals surface area contributed by atoms with Crippen molar-refractivity contribution in [1.29, 1.82) is 0 Å². The first-order valence-corrected chi connectivity index (χ1v) is 9.93. The molecule has 1 aliphatic rings. The van der Waals surface area contributed by atoms with Crippen molar-refractivity contribution >= 4 is 28.2 Å². The molecule has 0 saturated carbocycles. The number of fused-ring (bicyclic) bond motifs is 2. The fourth-order valence-corrected chi connectivity index (χ4v) is 4.11. The lowest BCUT2D eigenvalue weighted by atomic mass is 9.83. The van der Waals surface area contributed by atoms with Crippen LogP contribution < -0.4 is 10.5 Å². The Kier molecular flexibility index (Phi) is 4.97. The van der Waals surface area contributed by atoms with Crippen LogP contribution in [-0.4, -0.2) is 35.2 Å². The van der Waals surface area contributed by atoms with E-state index in [4.69, 9.17) is 4.74 Å². The first-order chi connectivity index (χ1) is 14.7. The number of anilines is 1. The number of hydrogen-bond donors (Lipinski definition) is 0. The van der Waals surface area contributed by atoms with Crippen LogP contribution in [0.3, 0.4) is 0 Å². The van der Waals surface area contributed by atoms with E-state index in [-0.39, 0.29) is 22.5 Å². The molecule has 2 heterocycles. The predicted octanol–water partition coefficient (Wildman–Crippen LogP) is 2.97. The normalized spacial score (nSPS) is 15.9. The molecule has 0 unspecified atom stereocenters. The average Bonchev–Trinajstić information content (AvgIpc) is 2.95. The van der Waals surface area contributed by atoms with Gasteiger partial charge in [0.15, 0.2) is 18.1 Å². The molecule has 0 radical (unpaired) electrons. The van der Waals surface area contributed by atoms with Gasteiger partial charge in [-0.25, -0.2) is 9.48 Å². The summed E-state index contributed by atoms with van der Waals surface area (Å²) in [5.74, 6) is -1.08. The molecule has 0 spiro atoms. The van der Waals surface area contributed by atoms with Gasteiger partial charge in [-0.15, -0.1) is 0 Å². The van der Waals surface area contributed by atoms with Crippen molar-refractivity contribution in [3.63, 3.8) is 0 Å². The molecule has 158 valence electrons. The monoisotopic (exact) mass is 417 g/mol. The summed E-state index contributed by atoms with van der Waals surface area (Å²) in [6, 6.07) is 14.7. The molecule has 0 amide bonds. The molecular formula is C24H23N3O4. The highest BCUT2D eigenvalue weighted by molar-refractivity contribution is 6.03. The van der Waals surface area contributed by atoms with Gasteiger partial charge in [-0.05, 0) is 17.7 Å². The molecule has 0 aliphatic carbocycles. The minimum atomic E-state index is -0.749. The summed E-state index contributed by atoms with van der Waals surface area (Å²) in [5, 5.41) is 4.80. The molecule has 7 heteroatoms. The Morgan fingerprint density at radius 2 is 1.68 bits per heavy atom. The largest absolute Gasteiger partial charge is 0.453 e. The van der Waals surface area contributed by atoms with E-state index in [0.717, 1.165) is 21.6 Å². The van der Waals surface area contributed by atoms with Crippen LogP contribution in [0.15, 0.2) is 65.1 Å². The Bertz CT molecular complexity index is 1300. The van der Waals surface area contributed by atoms with Gasteiger partial charge in [0.05, 0.1) is 5.39 Å². The van der Waals surface area contributed by atoms with E-state index < -0.39 is 12.6 Å². The average molecular weight is 417 g/mol. The number of likely N-dealkylation sites (N-methyl/N-ethyl adjacent to an activating group) is 1. The second-order valence-corrected chi connectivity index (χ2v) is 8.10. The van der Waals surface area contributed by atoms with E-state index in [1.54, 1.807) is 24.3 Å². The third kappa shape index (κ3) is 3.42. The Labute approximate surface area is 179 Å². The Balaban J connectivity index is 1.55. The SMILES string of the molecule is CN1/C(=C\C(=O)COC(=O)c2nn(C)c(=O)c3ccccc23)C(C)(C)c2ccccc21. The number of hydrogen-bond acceptors (Lipinski definition) is 6. The Morgan fingerprint density at radius 1 is 1.03 bits per heavy atom. The number of rotatable bonds is 4. The maximum Gasteiger partial charge on any atom is 0.359 e. The fourth-order valence-electron chi connectivity index (χ4n) is 4.11. The third-order valence-electron chi connectivity index (χ3n) is 5.73. The van der Waals surface area contributed by atoms with Crippen molar-refractivity contribution in [3.05, 3.63) is 81.9 Å². The molecular weight excluding hydrogens is 394 g/mol. The Hall–Kier alpha value is -3.74. The van der Waals surface area contributed by atoms with Crippen LogP contribution in [0.25, 0.3) is 10.8 Å². The second-order valence-electron chi connectivity index (χ2n) is 8.10. The number of benzene rings is 2. The molecule has 1 aliphatic heterocycles. The van der Waals surface area contributed by atoms with Gasteiger partial charge in [0.1, 0.15) is 0 Å². The van der Waals surface area contributed by atoms with E-state index >= 15 is 0 Å². The number of para-hydroxylation sites is 1. The Morgan fingerprint density at radius 3 is 2.39 bits per heavy atom. The van der Waals surface area contributed by atoms with Crippen molar-refractivity contribution in [1.82, 2.24) is 9.78 Å². The van der Waals surface area contributed by atoms with E-state index in [1.807, 2.05) is 36.2 Å². The minimum absolute atomic E-state index is 0.00359. The number of nitrogens with zero attached hydrogens (tertiary/aromatic N) is 3. The molecule has 3 aromatic rings. The zero-order valence-corrected chi connectivity index (χ0v) is 17.9. The first-order valence-electron chi connectivity index (χ1n) is 9.93. The van der Waals surface area contributed by atoms with Crippen molar-refractivity contribution in [3.8, 4) is 0 Å². The van der Waals surface area contributed by atoms with Crippen LogP contribution in [0.4, 0.5) is 5.69 Å². The zero-order valence-electron chi connectivity index (χ0n) is 17.9. The summed E-state index contributed by atoms with van der Waals surface area (Å²) in [6.45, 7) is 3.70. The van der Waals surface area contributed by atoms with Crippen molar-refractivity contribution in [2.45, 2.75) is 19.3 Å². The van der Waals surface area contributed by atoms with Crippen LogP contribution in [0, 0.1) is 0 Å². The number of esters is 1. The summed E-state index contributed by atoms with van der Waals surface area (Å²) >= 11 is 0. The van der Waals surface area contributed by atoms with E-state index in [2.05, 4.69) is 18.9 Å². The molecule has 0 atom stereocenters. The molecule has 0 bridgehead atoms. The number of allylic oxidation sites excluding steroid dienone is 1. The maximum atomic E-state index is 12.7. The maximum absolute atomic E-state index is 12.7. The van der Waals surface area contributed by atoms with Gasteiger partial charge in [0.2, 0.25) is 0 Å². The number of carbonyl (C=O) groups excluding carboxylic acids is 2. The highest BCUT2D eigenvalue weighted by Crippen LogP contribution is 2.46. The summed E-state index contributed by atoms with van der Waals surface area (Å²) in [4.78, 5) is 39.5. The molecule has 0 N–H and O–H groups in total. The summed E-state index contributed by atoms with van der Waals surface area (Å²) in [5.41, 5.74) is 2.36. The predicted molar refractivity (Wildman–Crippen MR) is 118 cm³/mol. The number of ketones is 1. The minimum Gasteiger partial charge on any atom is -0.453 e. The highest BCUT2D eigenvalue weighted by atomic mass is 16.5. The lowest BCUT2D eigenvalue weighted by Gasteiger charge is -2.23. The summed E-state index contributed by atoms with van der Waals surface area (Å²) in [7, 11) is 3.38. The van der Waals surface area contributed by atoms with Gasteiger partial charge >= 0.3 is 5.97 Å². The molecule has 31 heavy (non-hydrogen) atoms. The van der Waals surface area contributed by atoms with Crippen LogP contribution >= 0.6 is 0 Å². The van der Waals surface area contributed by atoms with Crippen molar-refractivity contribution in [2.75, 3.05) is 18.6 Å². The van der Waals surface area contributed by atoms with Gasteiger partial charge in [0, 0.05) is 42.4 Å². The van der Waals surface area contributed by atoms with E-state index in [1.165, 1.54) is 13.1 Å². The van der Waals surface area contributed by atoms with Crippen LogP contribution in [0.2, 0.25) is 0 Å². The van der Waals surface area contributed by atoms with Gasteiger partial charge in [-0.3, -0.25) is 9.59 Å². The van der Waals surface area contributed by atoms with Gasteiger partial charge in [0.25, 0.3) is 5.56 Å². The van der Waals surface area contributed by atoms with Crippen LogP contribution in [0.5, 0.6) is 0 Å². The van der Waals surface area contributed by atoms with Gasteiger partial charge in [-0.1, -0.05) is 50.2 Å². The van der Waals surface area contributed by atoms with Crippen LogP contribution in [-0.2, 0) is 22.0 Å². The third-order valence-corrected chi connectivity index (χ3v) is 5.73. The highest BCUT2D eigenvalue weighted by Gasteiger charge is 2.38. The smallest absolute Gasteiger partial charge is 0.359 e. The van der Waals surface area contributed by atoms with Gasteiger partial charge < -0.3 is 9.64 Å². The summed E-state index contributed by atoms with van der Waals surface area (Å²) < 4.78 is 6.35. The lowest BCUT2D eigenvalue weighted by molar-refractivity contribution is -0.117. The quantitative estimate of drug-likeness (QED) is 0.480. The van der Waals surface area contributed by atoms with Crippen LogP contribution in [0.1, 0.15) is 29.9 Å². The standard InChI is InChI=1S/C24H23N3O4/c1-24(2)18-11-7-8-12-19(18)26(3)20(24)13-15(28)14-31-23(30)21-16-9-5-6-10-17(16)22(29)27(4)25-21/h5-13H,14H2,1-4H3/b20-13-. The molecule has 7 nitrogen and oxygen atoms in total. The topological polar surface area (TPSA) is 81.5 Å². The molecule has 1 aromatic heterocycles. The lowest BCUT2D eigenvalue weighted by Crippen LogP contribution is -2.26. The number of ether oxygens (including phenoxy) is 1. The molecule has 4 rings (SSSR count). The summed E-state index contributed by atoms with van der Waals surface area (Å²) in [6.07, 6.45) is 1.53. The van der Waals surface area contributed by atoms with E-state index in [0.29, 0.717) is 10.8 Å². The number of aryl methyl sites for hydroxylation is 1. The molecule has 2 aromatic carbocycles. The number of aromatic nitrogens is 2. The van der Waals surface area contributed by atoms with Gasteiger partial charge in [-0.2, -0.15) is 5.10 Å². The zero-order chi connectivity index (χ0) is 22.3. The van der Waals surface area contributed by atoms with Crippen molar-refractivity contribution in [2.24, 2.45) is 7.05 Å².